The van der Waals surface area contributed by atoms with Crippen LogP contribution in [0.4, 0.5) is 5.82 Å². The van der Waals surface area contributed by atoms with Crippen molar-refractivity contribution in [2.75, 3.05) is 26.0 Å². The van der Waals surface area contributed by atoms with Crippen LogP contribution in [0.3, 0.4) is 0 Å². The fourth-order valence-corrected chi connectivity index (χ4v) is 2.83. The summed E-state index contributed by atoms with van der Waals surface area (Å²) >= 11 is 6.05. The molecule has 23 heavy (non-hydrogen) atoms. The fourth-order valence-electron chi connectivity index (χ4n) is 2.65. The van der Waals surface area contributed by atoms with Crippen molar-refractivity contribution in [1.29, 1.82) is 0 Å². The average Bonchev–Trinajstić information content (AvgIpc) is 2.55. The summed E-state index contributed by atoms with van der Waals surface area (Å²) in [6, 6.07) is 18.5. The summed E-state index contributed by atoms with van der Waals surface area (Å²) in [5.74, 6) is 0.767. The Bertz CT molecular complexity index is 789. The maximum absolute atomic E-state index is 6.05. The molecule has 1 heterocycles. The minimum atomic E-state index is 0.240. The smallest absolute Gasteiger partial charge is 0.224 e. The second kappa shape index (κ2) is 6.94. The van der Waals surface area contributed by atoms with Gasteiger partial charge >= 0.3 is 0 Å². The van der Waals surface area contributed by atoms with Gasteiger partial charge in [-0.1, -0.05) is 42.5 Å². The number of para-hydroxylation sites is 1. The molecule has 5 heteroatoms. The first kappa shape index (κ1) is 15.7. The standard InChI is InChI=1S/C18H19ClN4/c1-23(2)16(13-8-4-3-5-9-13)12-20-17-14-10-6-7-11-15(14)21-18(19)22-17/h3-11,16H,12H2,1-2H3,(H,20,21,22). The molecule has 3 rings (SSSR count). The van der Waals surface area contributed by atoms with Crippen molar-refractivity contribution in [3.05, 3.63) is 65.4 Å². The first-order valence-electron chi connectivity index (χ1n) is 7.52. The summed E-state index contributed by atoms with van der Waals surface area (Å²) in [7, 11) is 4.15. The van der Waals surface area contributed by atoms with Gasteiger partial charge in [0.15, 0.2) is 0 Å². The molecular weight excluding hydrogens is 308 g/mol. The topological polar surface area (TPSA) is 41.0 Å². The van der Waals surface area contributed by atoms with E-state index in [0.29, 0.717) is 0 Å². The zero-order valence-corrected chi connectivity index (χ0v) is 14.0. The Balaban J connectivity index is 1.87. The Morgan fingerprint density at radius 3 is 2.43 bits per heavy atom. The zero-order valence-electron chi connectivity index (χ0n) is 13.2. The molecule has 0 saturated carbocycles. The lowest BCUT2D eigenvalue weighted by atomic mass is 10.1. The summed E-state index contributed by atoms with van der Waals surface area (Å²) in [5, 5.41) is 4.66. The van der Waals surface area contributed by atoms with Crippen molar-refractivity contribution in [1.82, 2.24) is 14.9 Å². The van der Waals surface area contributed by atoms with E-state index in [1.165, 1.54) is 5.56 Å². The van der Waals surface area contributed by atoms with Crippen LogP contribution < -0.4 is 5.32 Å². The Labute approximate surface area is 141 Å². The Morgan fingerprint density at radius 2 is 1.70 bits per heavy atom. The summed E-state index contributed by atoms with van der Waals surface area (Å²) in [6.07, 6.45) is 0. The van der Waals surface area contributed by atoms with Crippen LogP contribution in [0.25, 0.3) is 10.9 Å². The van der Waals surface area contributed by atoms with Crippen molar-refractivity contribution in [3.8, 4) is 0 Å². The number of halogens is 1. The van der Waals surface area contributed by atoms with Gasteiger partial charge in [0, 0.05) is 11.9 Å². The van der Waals surface area contributed by atoms with E-state index in [0.717, 1.165) is 23.3 Å². The number of hydrogen-bond acceptors (Lipinski definition) is 4. The van der Waals surface area contributed by atoms with Crippen LogP contribution in [0.15, 0.2) is 54.6 Å². The summed E-state index contributed by atoms with van der Waals surface area (Å²) in [5.41, 5.74) is 2.10. The highest BCUT2D eigenvalue weighted by Crippen LogP contribution is 2.24. The van der Waals surface area contributed by atoms with Gasteiger partial charge in [-0.2, -0.15) is 0 Å². The molecule has 4 nitrogen and oxygen atoms in total. The number of anilines is 1. The van der Waals surface area contributed by atoms with Crippen LogP contribution in [-0.2, 0) is 0 Å². The molecule has 0 amide bonds. The van der Waals surface area contributed by atoms with E-state index >= 15 is 0 Å². The van der Waals surface area contributed by atoms with Gasteiger partial charge in [-0.05, 0) is 43.4 Å². The van der Waals surface area contributed by atoms with Crippen molar-refractivity contribution in [3.63, 3.8) is 0 Å². The van der Waals surface area contributed by atoms with Gasteiger partial charge in [0.25, 0.3) is 0 Å². The third-order valence-corrected chi connectivity index (χ3v) is 4.02. The van der Waals surface area contributed by atoms with E-state index in [-0.39, 0.29) is 11.3 Å². The van der Waals surface area contributed by atoms with E-state index in [1.54, 1.807) is 0 Å². The summed E-state index contributed by atoms with van der Waals surface area (Å²) < 4.78 is 0. The normalized spacial score (nSPS) is 12.5. The highest BCUT2D eigenvalue weighted by atomic mass is 35.5. The molecule has 0 aliphatic heterocycles. The fraction of sp³-hybridized carbons (Fsp3) is 0.222. The predicted molar refractivity (Wildman–Crippen MR) is 95.9 cm³/mol. The van der Waals surface area contributed by atoms with Gasteiger partial charge in [-0.15, -0.1) is 0 Å². The number of aromatic nitrogens is 2. The SMILES string of the molecule is CN(C)C(CNc1nc(Cl)nc2ccccc12)c1ccccc1. The van der Waals surface area contributed by atoms with Crippen molar-refractivity contribution >= 4 is 28.3 Å². The number of likely N-dealkylation sites (N-methyl/N-ethyl adjacent to an activating group) is 1. The van der Waals surface area contributed by atoms with E-state index in [1.807, 2.05) is 30.3 Å². The van der Waals surface area contributed by atoms with Gasteiger partial charge in [0.2, 0.25) is 5.28 Å². The van der Waals surface area contributed by atoms with E-state index < -0.39 is 0 Å². The number of nitrogens with one attached hydrogen (secondary N) is 1. The van der Waals surface area contributed by atoms with Gasteiger partial charge in [0.1, 0.15) is 5.82 Å². The quantitative estimate of drug-likeness (QED) is 0.720. The number of rotatable bonds is 5. The van der Waals surface area contributed by atoms with Gasteiger partial charge in [-0.25, -0.2) is 9.97 Å². The minimum absolute atomic E-state index is 0.240. The molecule has 0 fully saturated rings. The molecule has 0 radical (unpaired) electrons. The van der Waals surface area contributed by atoms with Crippen LogP contribution in [-0.4, -0.2) is 35.5 Å². The van der Waals surface area contributed by atoms with Crippen molar-refractivity contribution < 1.29 is 0 Å². The molecule has 1 N–H and O–H groups in total. The van der Waals surface area contributed by atoms with E-state index in [9.17, 15) is 0 Å². The molecule has 3 aromatic rings. The number of benzene rings is 2. The molecule has 1 unspecified atom stereocenters. The first-order valence-corrected chi connectivity index (χ1v) is 7.90. The molecule has 0 aliphatic carbocycles. The Hall–Kier alpha value is -2.17. The molecule has 0 saturated heterocycles. The van der Waals surface area contributed by atoms with Gasteiger partial charge in [-0.3, -0.25) is 0 Å². The summed E-state index contributed by atoms with van der Waals surface area (Å²) in [4.78, 5) is 10.8. The maximum atomic E-state index is 6.05. The Morgan fingerprint density at radius 1 is 1.00 bits per heavy atom. The lowest BCUT2D eigenvalue weighted by Crippen LogP contribution is -2.27. The number of hydrogen-bond donors (Lipinski definition) is 1. The Kier molecular flexibility index (Phi) is 4.74. The molecule has 2 aromatic carbocycles. The average molecular weight is 327 g/mol. The van der Waals surface area contributed by atoms with E-state index in [2.05, 4.69) is 58.5 Å². The second-order valence-corrected chi connectivity index (χ2v) is 5.97. The summed E-state index contributed by atoms with van der Waals surface area (Å²) in [6.45, 7) is 0.731. The zero-order chi connectivity index (χ0) is 16.2. The van der Waals surface area contributed by atoms with Crippen LogP contribution >= 0.6 is 11.6 Å². The maximum Gasteiger partial charge on any atom is 0.224 e. The molecule has 0 spiro atoms. The predicted octanol–water partition coefficient (Wildman–Crippen LogP) is 4.00. The largest absolute Gasteiger partial charge is 0.367 e. The van der Waals surface area contributed by atoms with E-state index in [4.69, 9.17) is 11.6 Å². The van der Waals surface area contributed by atoms with Crippen molar-refractivity contribution in [2.24, 2.45) is 0 Å². The third kappa shape index (κ3) is 3.60. The van der Waals surface area contributed by atoms with Crippen LogP contribution in [0, 0.1) is 0 Å². The van der Waals surface area contributed by atoms with Crippen LogP contribution in [0.5, 0.6) is 0 Å². The molecule has 118 valence electrons. The second-order valence-electron chi connectivity index (χ2n) is 5.63. The van der Waals surface area contributed by atoms with Gasteiger partial charge in [0.05, 0.1) is 11.6 Å². The molecule has 1 atom stereocenters. The number of fused-ring (bicyclic) bond motifs is 1. The van der Waals surface area contributed by atoms with Crippen LogP contribution in [0.2, 0.25) is 5.28 Å². The first-order chi connectivity index (χ1) is 11.1. The highest BCUT2D eigenvalue weighted by molar-refractivity contribution is 6.28. The lowest BCUT2D eigenvalue weighted by molar-refractivity contribution is 0.311. The molecule has 1 aromatic heterocycles. The molecular formula is C18H19ClN4. The number of nitrogens with zero attached hydrogens (tertiary/aromatic N) is 3. The third-order valence-electron chi connectivity index (χ3n) is 3.85. The minimum Gasteiger partial charge on any atom is -0.367 e. The van der Waals surface area contributed by atoms with Crippen molar-refractivity contribution in [2.45, 2.75) is 6.04 Å². The van der Waals surface area contributed by atoms with Gasteiger partial charge < -0.3 is 10.2 Å². The monoisotopic (exact) mass is 326 g/mol. The molecule has 0 bridgehead atoms. The molecule has 0 aliphatic rings. The van der Waals surface area contributed by atoms with Crippen LogP contribution in [0.1, 0.15) is 11.6 Å². The lowest BCUT2D eigenvalue weighted by Gasteiger charge is -2.25. The highest BCUT2D eigenvalue weighted by Gasteiger charge is 2.15.